The van der Waals surface area contributed by atoms with E-state index < -0.39 is 11.7 Å². The van der Waals surface area contributed by atoms with E-state index >= 15 is 0 Å². The standard InChI is InChI=1S/C8H5ClF3N/c1-13-5-2-3-7(9)6(4-5)8(10,11)12/h2-4H,1H2. The molecule has 0 aliphatic rings. The molecule has 1 nitrogen and oxygen atoms in total. The van der Waals surface area contributed by atoms with Crippen molar-refractivity contribution in [2.45, 2.75) is 6.18 Å². The van der Waals surface area contributed by atoms with Gasteiger partial charge in [0.25, 0.3) is 0 Å². The Morgan fingerprint density at radius 2 is 1.92 bits per heavy atom. The summed E-state index contributed by atoms with van der Waals surface area (Å²) in [5.74, 6) is 0. The Hall–Kier alpha value is -1.03. The molecular formula is C8H5ClF3N. The number of hydrogen-bond donors (Lipinski definition) is 0. The van der Waals surface area contributed by atoms with E-state index in [0.717, 1.165) is 12.1 Å². The normalized spacial score (nSPS) is 11.4. The number of halogens is 4. The molecule has 0 saturated carbocycles. The minimum Gasteiger partial charge on any atom is -0.265 e. The molecule has 0 fully saturated rings. The van der Waals surface area contributed by atoms with Crippen LogP contribution in [0.1, 0.15) is 5.56 Å². The summed E-state index contributed by atoms with van der Waals surface area (Å²) < 4.78 is 36.7. The number of rotatable bonds is 1. The summed E-state index contributed by atoms with van der Waals surface area (Å²) in [6.45, 7) is 3.12. The highest BCUT2D eigenvalue weighted by molar-refractivity contribution is 6.31. The average Bonchev–Trinajstić information content (AvgIpc) is 2.03. The summed E-state index contributed by atoms with van der Waals surface area (Å²) in [5.41, 5.74) is -0.740. The van der Waals surface area contributed by atoms with E-state index in [9.17, 15) is 13.2 Å². The topological polar surface area (TPSA) is 12.4 Å². The fraction of sp³-hybridized carbons (Fsp3) is 0.125. The largest absolute Gasteiger partial charge is 0.417 e. The molecule has 0 saturated heterocycles. The molecule has 0 aliphatic carbocycles. The Morgan fingerprint density at radius 1 is 1.31 bits per heavy atom. The summed E-state index contributed by atoms with van der Waals surface area (Å²) in [4.78, 5) is 3.38. The fourth-order valence-corrected chi connectivity index (χ4v) is 1.05. The van der Waals surface area contributed by atoms with E-state index in [2.05, 4.69) is 11.7 Å². The van der Waals surface area contributed by atoms with E-state index in [1.807, 2.05) is 0 Å². The van der Waals surface area contributed by atoms with E-state index in [1.54, 1.807) is 0 Å². The van der Waals surface area contributed by atoms with E-state index in [-0.39, 0.29) is 10.7 Å². The lowest BCUT2D eigenvalue weighted by Crippen LogP contribution is -2.05. The second-order valence-corrected chi connectivity index (χ2v) is 2.73. The molecule has 0 unspecified atom stereocenters. The van der Waals surface area contributed by atoms with Gasteiger partial charge in [-0.25, -0.2) is 0 Å². The number of alkyl halides is 3. The van der Waals surface area contributed by atoms with Crippen LogP contribution in [0.3, 0.4) is 0 Å². The Morgan fingerprint density at radius 3 is 2.38 bits per heavy atom. The van der Waals surface area contributed by atoms with Crippen LogP contribution >= 0.6 is 11.6 Å². The van der Waals surface area contributed by atoms with E-state index in [1.165, 1.54) is 6.07 Å². The Labute approximate surface area is 77.9 Å². The molecule has 0 radical (unpaired) electrons. The molecular weight excluding hydrogens is 203 g/mol. The van der Waals surface area contributed by atoms with Gasteiger partial charge in [0, 0.05) is 0 Å². The highest BCUT2D eigenvalue weighted by Gasteiger charge is 2.33. The molecule has 0 atom stereocenters. The van der Waals surface area contributed by atoms with Crippen molar-refractivity contribution in [2.24, 2.45) is 4.99 Å². The monoisotopic (exact) mass is 207 g/mol. The molecule has 1 rings (SSSR count). The van der Waals surface area contributed by atoms with E-state index in [0.29, 0.717) is 0 Å². The zero-order chi connectivity index (χ0) is 10.1. The third-order valence-electron chi connectivity index (χ3n) is 1.44. The lowest BCUT2D eigenvalue weighted by molar-refractivity contribution is -0.137. The van der Waals surface area contributed by atoms with Crippen LogP contribution in [0.15, 0.2) is 23.2 Å². The number of benzene rings is 1. The molecule has 0 amide bonds. The van der Waals surface area contributed by atoms with Crippen molar-refractivity contribution in [3.8, 4) is 0 Å². The van der Waals surface area contributed by atoms with Crippen molar-refractivity contribution in [3.05, 3.63) is 28.8 Å². The van der Waals surface area contributed by atoms with Gasteiger partial charge in [-0.1, -0.05) is 11.6 Å². The lowest BCUT2D eigenvalue weighted by atomic mass is 10.2. The van der Waals surface area contributed by atoms with Crippen LogP contribution in [0, 0.1) is 0 Å². The molecule has 0 aliphatic heterocycles. The van der Waals surface area contributed by atoms with E-state index in [4.69, 9.17) is 11.6 Å². The zero-order valence-corrected chi connectivity index (χ0v) is 7.15. The van der Waals surface area contributed by atoms with Crippen LogP contribution in [0.5, 0.6) is 0 Å². The first-order valence-electron chi connectivity index (χ1n) is 3.28. The molecule has 1 aromatic rings. The van der Waals surface area contributed by atoms with Crippen molar-refractivity contribution in [1.29, 1.82) is 0 Å². The number of hydrogen-bond acceptors (Lipinski definition) is 1. The van der Waals surface area contributed by atoms with Gasteiger partial charge in [0.15, 0.2) is 0 Å². The number of aliphatic imine (C=N–C) groups is 1. The highest BCUT2D eigenvalue weighted by atomic mass is 35.5. The molecule has 0 aromatic heterocycles. The van der Waals surface area contributed by atoms with Crippen LogP contribution in [-0.2, 0) is 6.18 Å². The number of nitrogens with zero attached hydrogens (tertiary/aromatic N) is 1. The van der Waals surface area contributed by atoms with Crippen LogP contribution in [0.25, 0.3) is 0 Å². The molecule has 1 aromatic carbocycles. The van der Waals surface area contributed by atoms with Crippen molar-refractivity contribution >= 4 is 24.0 Å². The predicted molar refractivity (Wildman–Crippen MR) is 45.7 cm³/mol. The van der Waals surface area contributed by atoms with Crippen LogP contribution in [-0.4, -0.2) is 6.72 Å². The van der Waals surface area contributed by atoms with Crippen molar-refractivity contribution < 1.29 is 13.2 Å². The first-order chi connectivity index (χ1) is 5.95. The quantitative estimate of drug-likeness (QED) is 0.623. The summed E-state index contributed by atoms with van der Waals surface area (Å²) in [6.07, 6.45) is -4.45. The van der Waals surface area contributed by atoms with Crippen molar-refractivity contribution in [2.75, 3.05) is 0 Å². The second-order valence-electron chi connectivity index (χ2n) is 2.32. The molecule has 0 heterocycles. The Bertz CT molecular complexity index is 333. The van der Waals surface area contributed by atoms with Gasteiger partial charge < -0.3 is 0 Å². The molecule has 5 heteroatoms. The summed E-state index contributed by atoms with van der Waals surface area (Å²) >= 11 is 5.36. The van der Waals surface area contributed by atoms with Gasteiger partial charge in [-0.3, -0.25) is 4.99 Å². The third-order valence-corrected chi connectivity index (χ3v) is 1.77. The van der Waals surface area contributed by atoms with Crippen LogP contribution in [0.4, 0.5) is 18.9 Å². The minimum absolute atomic E-state index is 0.150. The van der Waals surface area contributed by atoms with Gasteiger partial charge in [-0.2, -0.15) is 13.2 Å². The molecule has 0 bridgehead atoms. The van der Waals surface area contributed by atoms with Crippen LogP contribution in [0.2, 0.25) is 5.02 Å². The third kappa shape index (κ3) is 2.21. The Balaban J connectivity index is 3.27. The van der Waals surface area contributed by atoms with Gasteiger partial charge in [0.2, 0.25) is 0 Å². The summed E-state index contributed by atoms with van der Waals surface area (Å²) in [6, 6.07) is 3.37. The van der Waals surface area contributed by atoms with Gasteiger partial charge >= 0.3 is 6.18 Å². The smallest absolute Gasteiger partial charge is 0.265 e. The SMILES string of the molecule is C=Nc1ccc(Cl)c(C(F)(F)F)c1. The van der Waals surface area contributed by atoms with Gasteiger partial charge in [-0.15, -0.1) is 0 Å². The van der Waals surface area contributed by atoms with Gasteiger partial charge in [0.05, 0.1) is 16.3 Å². The maximum absolute atomic E-state index is 12.2. The van der Waals surface area contributed by atoms with Crippen molar-refractivity contribution in [3.63, 3.8) is 0 Å². The average molecular weight is 208 g/mol. The zero-order valence-electron chi connectivity index (χ0n) is 6.40. The molecule has 13 heavy (non-hydrogen) atoms. The lowest BCUT2D eigenvalue weighted by Gasteiger charge is -2.08. The Kier molecular flexibility index (Phi) is 2.61. The predicted octanol–water partition coefficient (Wildman–Crippen LogP) is 3.69. The first kappa shape index (κ1) is 10.1. The van der Waals surface area contributed by atoms with Gasteiger partial charge in [-0.05, 0) is 24.9 Å². The summed E-state index contributed by atoms with van der Waals surface area (Å²) in [7, 11) is 0. The van der Waals surface area contributed by atoms with Crippen LogP contribution < -0.4 is 0 Å². The minimum atomic E-state index is -4.45. The first-order valence-corrected chi connectivity index (χ1v) is 3.66. The fourth-order valence-electron chi connectivity index (χ4n) is 0.829. The van der Waals surface area contributed by atoms with Gasteiger partial charge in [0.1, 0.15) is 0 Å². The van der Waals surface area contributed by atoms with Crippen molar-refractivity contribution in [1.82, 2.24) is 0 Å². The summed E-state index contributed by atoms with van der Waals surface area (Å²) in [5, 5.41) is -0.333. The molecule has 0 N–H and O–H groups in total. The maximum Gasteiger partial charge on any atom is 0.417 e. The maximum atomic E-state index is 12.2. The molecule has 70 valence electrons. The highest BCUT2D eigenvalue weighted by Crippen LogP contribution is 2.36. The second kappa shape index (κ2) is 3.38. The molecule has 0 spiro atoms.